The highest BCUT2D eigenvalue weighted by Crippen LogP contribution is 2.20. The fourth-order valence-electron chi connectivity index (χ4n) is 1.89. The molecule has 1 rings (SSSR count). The number of hydrogen-bond acceptors (Lipinski definition) is 4. The largest absolute Gasteiger partial charge is 0.481 e. The lowest BCUT2D eigenvalue weighted by molar-refractivity contribution is -0.145. The zero-order valence-corrected chi connectivity index (χ0v) is 11.0. The first-order valence-electron chi connectivity index (χ1n) is 6.09. The molecule has 1 aliphatic rings. The van der Waals surface area contributed by atoms with Gasteiger partial charge in [-0.15, -0.1) is 0 Å². The number of carboxylic acid groups (broad SMARTS) is 1. The molecule has 0 unspecified atom stereocenters. The Morgan fingerprint density at radius 3 is 2.28 bits per heavy atom. The monoisotopic (exact) mass is 259 g/mol. The number of amides is 1. The van der Waals surface area contributed by atoms with Gasteiger partial charge in [0.05, 0.1) is 12.0 Å². The summed E-state index contributed by atoms with van der Waals surface area (Å²) < 4.78 is 5.22. The quantitative estimate of drug-likeness (QED) is 0.735. The van der Waals surface area contributed by atoms with Crippen LogP contribution in [0.15, 0.2) is 0 Å². The lowest BCUT2D eigenvalue weighted by Gasteiger charge is -2.26. The molecule has 6 nitrogen and oxygen atoms in total. The maximum absolute atomic E-state index is 11.8. The smallest absolute Gasteiger partial charge is 0.410 e. The van der Waals surface area contributed by atoms with Crippen LogP contribution in [-0.2, 0) is 9.53 Å². The van der Waals surface area contributed by atoms with Crippen molar-refractivity contribution in [3.8, 4) is 0 Å². The predicted octanol–water partition coefficient (Wildman–Crippen LogP) is 1.08. The predicted molar refractivity (Wildman–Crippen MR) is 64.2 cm³/mol. The Morgan fingerprint density at radius 2 is 1.78 bits per heavy atom. The van der Waals surface area contributed by atoms with Crippen molar-refractivity contribution in [2.24, 2.45) is 5.92 Å². The third-order valence-corrected chi connectivity index (χ3v) is 2.84. The molecule has 0 spiro atoms. The Morgan fingerprint density at radius 1 is 1.22 bits per heavy atom. The van der Waals surface area contributed by atoms with Gasteiger partial charge < -0.3 is 19.8 Å². The van der Waals surface area contributed by atoms with E-state index < -0.39 is 29.7 Å². The number of carbonyl (C=O) groups is 2. The number of ether oxygens (including phenoxy) is 1. The van der Waals surface area contributed by atoms with E-state index >= 15 is 0 Å². The Balaban J connectivity index is 2.61. The third-order valence-electron chi connectivity index (χ3n) is 2.84. The molecule has 0 aromatic heterocycles. The molecule has 0 aliphatic carbocycles. The SMILES string of the molecule is CC(C)(C)OC(=O)N1CC[C@H](O)[C@H](C(=O)O)CC1. The fourth-order valence-corrected chi connectivity index (χ4v) is 1.89. The molecule has 1 aliphatic heterocycles. The van der Waals surface area contributed by atoms with Crippen LogP contribution in [-0.4, -0.2) is 52.0 Å². The van der Waals surface area contributed by atoms with Crippen molar-refractivity contribution in [2.75, 3.05) is 13.1 Å². The van der Waals surface area contributed by atoms with Crippen molar-refractivity contribution >= 4 is 12.1 Å². The number of carbonyl (C=O) groups excluding carboxylic acids is 1. The number of aliphatic carboxylic acids is 1. The van der Waals surface area contributed by atoms with Crippen molar-refractivity contribution in [3.05, 3.63) is 0 Å². The molecule has 104 valence electrons. The molecule has 0 saturated carbocycles. The fraction of sp³-hybridized carbons (Fsp3) is 0.833. The van der Waals surface area contributed by atoms with E-state index in [4.69, 9.17) is 9.84 Å². The van der Waals surface area contributed by atoms with Crippen molar-refractivity contribution in [3.63, 3.8) is 0 Å². The second-order valence-corrected chi connectivity index (χ2v) is 5.56. The van der Waals surface area contributed by atoms with Gasteiger partial charge in [-0.05, 0) is 33.6 Å². The topological polar surface area (TPSA) is 87.1 Å². The Labute approximate surface area is 107 Å². The summed E-state index contributed by atoms with van der Waals surface area (Å²) in [5.41, 5.74) is -0.575. The molecule has 0 bridgehead atoms. The van der Waals surface area contributed by atoms with Crippen LogP contribution in [0.25, 0.3) is 0 Å². The first-order valence-corrected chi connectivity index (χ1v) is 6.09. The second kappa shape index (κ2) is 5.56. The molecule has 0 aromatic carbocycles. The summed E-state index contributed by atoms with van der Waals surface area (Å²) in [6, 6.07) is 0. The molecular formula is C12H21NO5. The van der Waals surface area contributed by atoms with Gasteiger partial charge in [0.2, 0.25) is 0 Å². The number of aliphatic hydroxyl groups excluding tert-OH is 1. The maximum atomic E-state index is 11.8. The lowest BCUT2D eigenvalue weighted by Crippen LogP contribution is -2.37. The molecule has 1 fully saturated rings. The summed E-state index contributed by atoms with van der Waals surface area (Å²) in [7, 11) is 0. The van der Waals surface area contributed by atoms with Gasteiger partial charge in [0.1, 0.15) is 5.60 Å². The normalized spacial score (nSPS) is 25.4. The number of carboxylic acids is 1. The van der Waals surface area contributed by atoms with Gasteiger partial charge in [-0.2, -0.15) is 0 Å². The lowest BCUT2D eigenvalue weighted by atomic mass is 9.98. The summed E-state index contributed by atoms with van der Waals surface area (Å²) in [6.45, 7) is 5.94. The molecule has 0 radical (unpaired) electrons. The molecule has 18 heavy (non-hydrogen) atoms. The van der Waals surface area contributed by atoms with E-state index in [2.05, 4.69) is 0 Å². The summed E-state index contributed by atoms with van der Waals surface area (Å²) in [6.07, 6.45) is -0.859. The zero-order valence-electron chi connectivity index (χ0n) is 11.0. The Hall–Kier alpha value is -1.30. The standard InChI is InChI=1S/C12H21NO5/c1-12(2,3)18-11(17)13-6-4-8(10(15)16)9(14)5-7-13/h8-9,14H,4-7H2,1-3H3,(H,15,16)/t8-,9+/m1/s1. The summed E-state index contributed by atoms with van der Waals surface area (Å²) in [5, 5.41) is 18.6. The van der Waals surface area contributed by atoms with Gasteiger partial charge in [-0.1, -0.05) is 0 Å². The van der Waals surface area contributed by atoms with Crippen LogP contribution in [0.4, 0.5) is 4.79 Å². The minimum absolute atomic E-state index is 0.246. The van der Waals surface area contributed by atoms with Crippen LogP contribution < -0.4 is 0 Å². The van der Waals surface area contributed by atoms with Gasteiger partial charge in [-0.3, -0.25) is 4.79 Å². The van der Waals surface area contributed by atoms with E-state index in [0.717, 1.165) is 0 Å². The van der Waals surface area contributed by atoms with E-state index in [1.54, 1.807) is 20.8 Å². The zero-order chi connectivity index (χ0) is 13.9. The number of likely N-dealkylation sites (tertiary alicyclic amines) is 1. The molecule has 1 heterocycles. The van der Waals surface area contributed by atoms with E-state index in [-0.39, 0.29) is 12.8 Å². The van der Waals surface area contributed by atoms with E-state index in [1.165, 1.54) is 4.90 Å². The van der Waals surface area contributed by atoms with Crippen LogP contribution in [0, 0.1) is 5.92 Å². The van der Waals surface area contributed by atoms with E-state index in [1.807, 2.05) is 0 Å². The molecular weight excluding hydrogens is 238 g/mol. The number of rotatable bonds is 1. The van der Waals surface area contributed by atoms with Gasteiger partial charge in [-0.25, -0.2) is 4.79 Å². The van der Waals surface area contributed by atoms with Crippen LogP contribution >= 0.6 is 0 Å². The number of hydrogen-bond donors (Lipinski definition) is 2. The van der Waals surface area contributed by atoms with Gasteiger partial charge >= 0.3 is 12.1 Å². The summed E-state index contributed by atoms with van der Waals surface area (Å²) in [5.74, 6) is -1.83. The summed E-state index contributed by atoms with van der Waals surface area (Å²) >= 11 is 0. The van der Waals surface area contributed by atoms with Crippen molar-refractivity contribution < 1.29 is 24.5 Å². The van der Waals surface area contributed by atoms with Crippen LogP contribution in [0.2, 0.25) is 0 Å². The molecule has 2 N–H and O–H groups in total. The summed E-state index contributed by atoms with van der Waals surface area (Å²) in [4.78, 5) is 24.2. The highest BCUT2D eigenvalue weighted by molar-refractivity contribution is 5.71. The van der Waals surface area contributed by atoms with Gasteiger partial charge in [0, 0.05) is 13.1 Å². The van der Waals surface area contributed by atoms with Crippen molar-refractivity contribution in [1.82, 2.24) is 4.90 Å². The van der Waals surface area contributed by atoms with Crippen LogP contribution in [0.3, 0.4) is 0 Å². The molecule has 6 heteroatoms. The highest BCUT2D eigenvalue weighted by atomic mass is 16.6. The first-order chi connectivity index (χ1) is 8.20. The van der Waals surface area contributed by atoms with E-state index in [0.29, 0.717) is 13.1 Å². The van der Waals surface area contributed by atoms with Gasteiger partial charge in [0.15, 0.2) is 0 Å². The third kappa shape index (κ3) is 4.18. The van der Waals surface area contributed by atoms with Crippen LogP contribution in [0.5, 0.6) is 0 Å². The Kier molecular flexibility index (Phi) is 4.56. The molecule has 1 amide bonds. The molecule has 0 aromatic rings. The van der Waals surface area contributed by atoms with Crippen molar-refractivity contribution in [2.45, 2.75) is 45.3 Å². The highest BCUT2D eigenvalue weighted by Gasteiger charge is 2.32. The minimum atomic E-state index is -1.02. The molecule has 2 atom stereocenters. The first kappa shape index (κ1) is 14.8. The number of aliphatic hydroxyl groups is 1. The van der Waals surface area contributed by atoms with Crippen LogP contribution in [0.1, 0.15) is 33.6 Å². The van der Waals surface area contributed by atoms with E-state index in [9.17, 15) is 14.7 Å². The maximum Gasteiger partial charge on any atom is 0.410 e. The molecule has 1 saturated heterocycles. The average molecular weight is 259 g/mol. The van der Waals surface area contributed by atoms with Crippen molar-refractivity contribution in [1.29, 1.82) is 0 Å². The minimum Gasteiger partial charge on any atom is -0.481 e. The number of nitrogens with zero attached hydrogens (tertiary/aromatic N) is 1. The average Bonchev–Trinajstić information content (AvgIpc) is 2.37. The Bertz CT molecular complexity index is 323. The van der Waals surface area contributed by atoms with Gasteiger partial charge in [0.25, 0.3) is 0 Å². The second-order valence-electron chi connectivity index (χ2n) is 5.56.